The molecule has 34 heavy (non-hydrogen) atoms. The number of hydrogen-bond acceptors (Lipinski definition) is 2. The summed E-state index contributed by atoms with van der Waals surface area (Å²) in [6, 6.07) is 40.2. The van der Waals surface area contributed by atoms with Gasteiger partial charge in [0.1, 0.15) is 5.82 Å². The van der Waals surface area contributed by atoms with Crippen molar-refractivity contribution in [1.29, 1.82) is 0 Å². The van der Waals surface area contributed by atoms with E-state index in [2.05, 4.69) is 28.8 Å². The molecule has 0 aliphatic heterocycles. The summed E-state index contributed by atoms with van der Waals surface area (Å²) >= 11 is 0. The molecule has 0 unspecified atom stereocenters. The Morgan fingerprint density at radius 1 is 0.647 bits per heavy atom. The number of fused-ring (bicyclic) bond motifs is 2. The highest BCUT2D eigenvalue weighted by molar-refractivity contribution is 7.85. The average Bonchev–Trinajstić information content (AvgIpc) is 3.24. The number of rotatable bonds is 4. The maximum Gasteiger partial charge on any atom is 0.171 e. The molecule has 0 saturated carbocycles. The molecule has 3 nitrogen and oxygen atoms in total. The van der Waals surface area contributed by atoms with Crippen LogP contribution >= 0.6 is 7.14 Å². The smallest absolute Gasteiger partial charge is 0.171 e. The third-order valence-electron chi connectivity index (χ3n) is 6.50. The average molecular weight is 459 g/mol. The van der Waals surface area contributed by atoms with Crippen LogP contribution in [0, 0.1) is 0 Å². The van der Waals surface area contributed by atoms with Gasteiger partial charge in [0.05, 0.1) is 11.0 Å². The Morgan fingerprint density at radius 2 is 1.24 bits per heavy atom. The molecular weight excluding hydrogens is 435 g/mol. The summed E-state index contributed by atoms with van der Waals surface area (Å²) < 4.78 is 17.5. The molecule has 0 N–H and O–H groups in total. The molecule has 0 bridgehead atoms. The fourth-order valence-electron chi connectivity index (χ4n) is 4.83. The number of aryl methyl sites for hydroxylation is 1. The second-order valence-electron chi connectivity index (χ2n) is 8.44. The molecule has 6 rings (SSSR count). The molecule has 0 spiro atoms. The molecule has 5 aromatic carbocycles. The van der Waals surface area contributed by atoms with E-state index in [-0.39, 0.29) is 0 Å². The van der Waals surface area contributed by atoms with Crippen LogP contribution in [-0.4, -0.2) is 9.55 Å². The lowest BCUT2D eigenvalue weighted by molar-refractivity contribution is 0.592. The van der Waals surface area contributed by atoms with Gasteiger partial charge in [-0.2, -0.15) is 0 Å². The van der Waals surface area contributed by atoms with Crippen LogP contribution in [0.3, 0.4) is 0 Å². The largest absolute Gasteiger partial charge is 0.327 e. The SMILES string of the molecule is Cn1c(-c2c(P(=O)(c3ccccc3)c3ccccc3)ccc3ccccc23)nc2ccccc21. The fourth-order valence-corrected chi connectivity index (χ4v) is 7.69. The standard InChI is InChI=1S/C30H23N2OP/c1-32-27-19-11-10-18-26(27)31-30(32)29-25-17-9-8-12-22(25)20-21-28(29)34(33,23-13-4-2-5-14-23)24-15-6-3-7-16-24/h2-21H,1H3. The van der Waals surface area contributed by atoms with Crippen LogP contribution in [0.4, 0.5) is 0 Å². The zero-order valence-corrected chi connectivity index (χ0v) is 19.7. The highest BCUT2D eigenvalue weighted by Gasteiger charge is 2.34. The quantitative estimate of drug-likeness (QED) is 0.302. The van der Waals surface area contributed by atoms with Gasteiger partial charge in [-0.25, -0.2) is 4.98 Å². The number of imidazole rings is 1. The molecular formula is C30H23N2OP. The Morgan fingerprint density at radius 3 is 1.91 bits per heavy atom. The van der Waals surface area contributed by atoms with Gasteiger partial charge in [0.15, 0.2) is 7.14 Å². The third kappa shape index (κ3) is 3.13. The topological polar surface area (TPSA) is 34.9 Å². The van der Waals surface area contributed by atoms with Gasteiger partial charge in [0.2, 0.25) is 0 Å². The van der Waals surface area contributed by atoms with Crippen molar-refractivity contribution in [3.63, 3.8) is 0 Å². The van der Waals surface area contributed by atoms with Gasteiger partial charge in [-0.3, -0.25) is 0 Å². The van der Waals surface area contributed by atoms with Crippen molar-refractivity contribution in [2.45, 2.75) is 0 Å². The minimum atomic E-state index is -3.20. The van der Waals surface area contributed by atoms with Crippen LogP contribution in [0.15, 0.2) is 121 Å². The van der Waals surface area contributed by atoms with E-state index in [1.165, 1.54) is 0 Å². The lowest BCUT2D eigenvalue weighted by Crippen LogP contribution is -2.27. The zero-order chi connectivity index (χ0) is 23.1. The van der Waals surface area contributed by atoms with Gasteiger partial charge < -0.3 is 9.13 Å². The van der Waals surface area contributed by atoms with Gasteiger partial charge >= 0.3 is 0 Å². The molecule has 0 amide bonds. The Balaban J connectivity index is 1.77. The minimum Gasteiger partial charge on any atom is -0.327 e. The van der Waals surface area contributed by atoms with Gasteiger partial charge in [-0.05, 0) is 29.0 Å². The van der Waals surface area contributed by atoms with Crippen molar-refractivity contribution in [3.8, 4) is 11.4 Å². The van der Waals surface area contributed by atoms with E-state index in [0.717, 1.165) is 49.1 Å². The van der Waals surface area contributed by atoms with Crippen molar-refractivity contribution in [2.75, 3.05) is 0 Å². The molecule has 1 heterocycles. The molecule has 164 valence electrons. The number of nitrogens with zero attached hydrogens (tertiary/aromatic N) is 2. The van der Waals surface area contributed by atoms with Crippen LogP contribution < -0.4 is 15.9 Å². The normalized spacial score (nSPS) is 11.8. The first kappa shape index (κ1) is 20.7. The summed E-state index contributed by atoms with van der Waals surface area (Å²) in [5.41, 5.74) is 2.90. The van der Waals surface area contributed by atoms with Gasteiger partial charge in [0, 0.05) is 28.5 Å². The predicted octanol–water partition coefficient (Wildman–Crippen LogP) is 6.03. The van der Waals surface area contributed by atoms with E-state index >= 15 is 4.57 Å². The molecule has 0 aliphatic carbocycles. The monoisotopic (exact) mass is 458 g/mol. The highest BCUT2D eigenvalue weighted by Crippen LogP contribution is 2.46. The maximum atomic E-state index is 15.3. The molecule has 6 aromatic rings. The second kappa shape index (κ2) is 8.13. The number of para-hydroxylation sites is 2. The van der Waals surface area contributed by atoms with Gasteiger partial charge in [-0.1, -0.05) is 103 Å². The third-order valence-corrected chi connectivity index (χ3v) is 9.60. The minimum absolute atomic E-state index is 0.807. The second-order valence-corrected chi connectivity index (χ2v) is 11.2. The van der Waals surface area contributed by atoms with E-state index in [1.807, 2.05) is 104 Å². The van der Waals surface area contributed by atoms with Crippen molar-refractivity contribution >= 4 is 44.9 Å². The first-order chi connectivity index (χ1) is 16.7. The van der Waals surface area contributed by atoms with Gasteiger partial charge in [0.25, 0.3) is 0 Å². The highest BCUT2D eigenvalue weighted by atomic mass is 31.2. The van der Waals surface area contributed by atoms with Crippen LogP contribution in [0.1, 0.15) is 0 Å². The summed E-state index contributed by atoms with van der Waals surface area (Å²) in [6.07, 6.45) is 0. The molecule has 1 aromatic heterocycles. The van der Waals surface area contributed by atoms with Crippen molar-refractivity contribution in [3.05, 3.63) is 121 Å². The van der Waals surface area contributed by atoms with E-state index < -0.39 is 7.14 Å². The first-order valence-electron chi connectivity index (χ1n) is 11.3. The van der Waals surface area contributed by atoms with Gasteiger partial charge in [-0.15, -0.1) is 0 Å². The Labute approximate surface area is 198 Å². The predicted molar refractivity (Wildman–Crippen MR) is 143 cm³/mol. The Bertz CT molecular complexity index is 1640. The molecule has 0 saturated heterocycles. The molecule has 4 heteroatoms. The summed E-state index contributed by atoms with van der Waals surface area (Å²) in [5.74, 6) is 0.820. The van der Waals surface area contributed by atoms with E-state index in [1.54, 1.807) is 0 Å². The lowest BCUT2D eigenvalue weighted by atomic mass is 10.0. The maximum absolute atomic E-state index is 15.3. The molecule has 0 atom stereocenters. The number of hydrogen-bond donors (Lipinski definition) is 0. The van der Waals surface area contributed by atoms with Crippen LogP contribution in [0.2, 0.25) is 0 Å². The molecule has 0 radical (unpaired) electrons. The summed E-state index contributed by atoms with van der Waals surface area (Å²) in [4.78, 5) is 5.04. The number of aromatic nitrogens is 2. The Hall–Kier alpha value is -3.94. The molecule has 0 fully saturated rings. The Kier molecular flexibility index (Phi) is 4.94. The van der Waals surface area contributed by atoms with Crippen LogP contribution in [-0.2, 0) is 11.6 Å². The van der Waals surface area contributed by atoms with Crippen molar-refractivity contribution < 1.29 is 4.57 Å². The summed E-state index contributed by atoms with van der Waals surface area (Å²) in [5, 5.41) is 4.58. The van der Waals surface area contributed by atoms with Crippen LogP contribution in [0.25, 0.3) is 33.2 Å². The van der Waals surface area contributed by atoms with Crippen LogP contribution in [0.5, 0.6) is 0 Å². The first-order valence-corrected chi connectivity index (χ1v) is 13.0. The lowest BCUT2D eigenvalue weighted by Gasteiger charge is -2.24. The van der Waals surface area contributed by atoms with Crippen molar-refractivity contribution in [2.24, 2.45) is 7.05 Å². The van der Waals surface area contributed by atoms with E-state index in [9.17, 15) is 0 Å². The fraction of sp³-hybridized carbons (Fsp3) is 0.0333. The van der Waals surface area contributed by atoms with Crippen molar-refractivity contribution in [1.82, 2.24) is 9.55 Å². The van der Waals surface area contributed by atoms with E-state index in [0.29, 0.717) is 0 Å². The zero-order valence-electron chi connectivity index (χ0n) is 18.8. The number of benzene rings is 5. The summed E-state index contributed by atoms with van der Waals surface area (Å²) in [6.45, 7) is 0. The summed E-state index contributed by atoms with van der Waals surface area (Å²) in [7, 11) is -1.17. The molecule has 0 aliphatic rings. The van der Waals surface area contributed by atoms with E-state index in [4.69, 9.17) is 4.98 Å².